The molecule has 1 aliphatic rings. The maximum atomic E-state index is 4.94. The average Bonchev–Trinajstić information content (AvgIpc) is 2.99. The molecule has 1 fully saturated rings. The van der Waals surface area contributed by atoms with Crippen molar-refractivity contribution in [3.63, 3.8) is 0 Å². The molecule has 0 radical (unpaired) electrons. The second kappa shape index (κ2) is 6.46. The first-order chi connectivity index (χ1) is 10.1. The van der Waals surface area contributed by atoms with Crippen LogP contribution in [0.1, 0.15) is 48.1 Å². The standard InChI is InChI=1S/C16H23N3S2/c1-11(2)17-9-14-15(12-6-7-12)18-16(21-14)19(3)10-13-5-4-8-20-13/h4-5,8,11-12,17H,6-7,9-10H2,1-3H3. The van der Waals surface area contributed by atoms with E-state index in [1.807, 2.05) is 22.7 Å². The number of anilines is 1. The van der Waals surface area contributed by atoms with Crippen molar-refractivity contribution in [2.75, 3.05) is 11.9 Å². The maximum absolute atomic E-state index is 4.94. The summed E-state index contributed by atoms with van der Waals surface area (Å²) in [7, 11) is 2.15. The van der Waals surface area contributed by atoms with Gasteiger partial charge in [-0.3, -0.25) is 0 Å². The zero-order valence-electron chi connectivity index (χ0n) is 12.9. The van der Waals surface area contributed by atoms with Crippen molar-refractivity contribution in [3.05, 3.63) is 33.0 Å². The topological polar surface area (TPSA) is 28.2 Å². The van der Waals surface area contributed by atoms with Gasteiger partial charge in [-0.2, -0.15) is 0 Å². The molecule has 0 amide bonds. The summed E-state index contributed by atoms with van der Waals surface area (Å²) in [6.07, 6.45) is 2.62. The minimum absolute atomic E-state index is 0.520. The molecule has 0 atom stereocenters. The summed E-state index contributed by atoms with van der Waals surface area (Å²) in [6.45, 7) is 6.30. The SMILES string of the molecule is CC(C)NCc1sc(N(C)Cc2cccs2)nc1C1CC1. The molecular weight excluding hydrogens is 298 g/mol. The first-order valence-electron chi connectivity index (χ1n) is 7.60. The third-order valence-corrected chi connectivity index (χ3v) is 5.70. The zero-order valence-corrected chi connectivity index (χ0v) is 14.6. The highest BCUT2D eigenvalue weighted by Gasteiger charge is 2.30. The van der Waals surface area contributed by atoms with Crippen LogP contribution in [0.3, 0.4) is 0 Å². The van der Waals surface area contributed by atoms with Gasteiger partial charge in [0.25, 0.3) is 0 Å². The van der Waals surface area contributed by atoms with Gasteiger partial charge in [0, 0.05) is 35.3 Å². The summed E-state index contributed by atoms with van der Waals surface area (Å²) in [4.78, 5) is 10.0. The largest absolute Gasteiger partial charge is 0.346 e. The number of rotatable bonds is 7. The molecule has 0 aromatic carbocycles. The monoisotopic (exact) mass is 321 g/mol. The van der Waals surface area contributed by atoms with Gasteiger partial charge in [0.05, 0.1) is 12.2 Å². The molecule has 3 rings (SSSR count). The highest BCUT2D eigenvalue weighted by atomic mass is 32.1. The molecule has 1 N–H and O–H groups in total. The molecule has 2 heterocycles. The summed E-state index contributed by atoms with van der Waals surface area (Å²) in [5.74, 6) is 0.717. The number of nitrogens with one attached hydrogen (secondary N) is 1. The predicted octanol–water partition coefficient (Wildman–Crippen LogP) is 4.22. The first-order valence-corrected chi connectivity index (χ1v) is 9.29. The van der Waals surface area contributed by atoms with E-state index in [9.17, 15) is 0 Å². The summed E-state index contributed by atoms with van der Waals surface area (Å²) in [6, 6.07) is 4.83. The molecule has 0 spiro atoms. The van der Waals surface area contributed by atoms with Crippen molar-refractivity contribution in [1.82, 2.24) is 10.3 Å². The number of aromatic nitrogens is 1. The Morgan fingerprint density at radius 3 is 2.86 bits per heavy atom. The van der Waals surface area contributed by atoms with Crippen LogP contribution in [-0.4, -0.2) is 18.1 Å². The lowest BCUT2D eigenvalue weighted by Crippen LogP contribution is -2.21. The van der Waals surface area contributed by atoms with E-state index in [-0.39, 0.29) is 0 Å². The Bertz CT molecular complexity index is 570. The van der Waals surface area contributed by atoms with Crippen molar-refractivity contribution in [3.8, 4) is 0 Å². The molecule has 0 saturated heterocycles. The van der Waals surface area contributed by atoms with Crippen LogP contribution in [0.25, 0.3) is 0 Å². The molecule has 3 nitrogen and oxygen atoms in total. The number of hydrogen-bond acceptors (Lipinski definition) is 5. The highest BCUT2D eigenvalue weighted by Crippen LogP contribution is 2.44. The van der Waals surface area contributed by atoms with Crippen LogP contribution >= 0.6 is 22.7 Å². The lowest BCUT2D eigenvalue weighted by Gasteiger charge is -2.14. The third-order valence-electron chi connectivity index (χ3n) is 3.65. The van der Waals surface area contributed by atoms with E-state index in [1.54, 1.807) is 0 Å². The van der Waals surface area contributed by atoms with Crippen LogP contribution in [0.15, 0.2) is 17.5 Å². The molecular formula is C16H23N3S2. The van der Waals surface area contributed by atoms with Gasteiger partial charge in [0.2, 0.25) is 0 Å². The summed E-state index contributed by atoms with van der Waals surface area (Å²) in [5.41, 5.74) is 1.35. The van der Waals surface area contributed by atoms with Crippen molar-refractivity contribution >= 4 is 27.8 Å². The molecule has 1 saturated carbocycles. The van der Waals surface area contributed by atoms with Gasteiger partial charge in [-0.15, -0.1) is 22.7 Å². The second-order valence-corrected chi connectivity index (χ2v) is 8.14. The number of hydrogen-bond donors (Lipinski definition) is 1. The number of thiophene rings is 1. The van der Waals surface area contributed by atoms with E-state index in [0.29, 0.717) is 12.0 Å². The maximum Gasteiger partial charge on any atom is 0.185 e. The Morgan fingerprint density at radius 1 is 1.43 bits per heavy atom. The minimum Gasteiger partial charge on any atom is -0.346 e. The molecule has 114 valence electrons. The summed E-state index contributed by atoms with van der Waals surface area (Å²) in [5, 5.41) is 6.83. The van der Waals surface area contributed by atoms with Gasteiger partial charge in [0.15, 0.2) is 5.13 Å². The molecule has 0 unspecified atom stereocenters. The fourth-order valence-electron chi connectivity index (χ4n) is 2.32. The third kappa shape index (κ3) is 3.84. The van der Waals surface area contributed by atoms with Gasteiger partial charge in [-0.05, 0) is 24.3 Å². The fraction of sp³-hybridized carbons (Fsp3) is 0.562. The molecule has 1 aliphatic carbocycles. The Kier molecular flexibility index (Phi) is 4.62. The highest BCUT2D eigenvalue weighted by molar-refractivity contribution is 7.15. The quantitative estimate of drug-likeness (QED) is 0.828. The Balaban J connectivity index is 1.74. The normalized spacial score (nSPS) is 14.9. The van der Waals surface area contributed by atoms with Gasteiger partial charge < -0.3 is 10.2 Å². The van der Waals surface area contributed by atoms with Crippen LogP contribution in [0.2, 0.25) is 0 Å². The molecule has 5 heteroatoms. The van der Waals surface area contributed by atoms with Crippen molar-refractivity contribution < 1.29 is 0 Å². The van der Waals surface area contributed by atoms with Crippen LogP contribution in [-0.2, 0) is 13.1 Å². The molecule has 2 aromatic heterocycles. The lowest BCUT2D eigenvalue weighted by atomic mass is 10.2. The molecule has 0 bridgehead atoms. The van der Waals surface area contributed by atoms with E-state index in [0.717, 1.165) is 18.2 Å². The number of thiazole rings is 1. The van der Waals surface area contributed by atoms with Gasteiger partial charge in [-0.25, -0.2) is 4.98 Å². The van der Waals surface area contributed by atoms with E-state index >= 15 is 0 Å². The predicted molar refractivity (Wildman–Crippen MR) is 92.5 cm³/mol. The second-order valence-electron chi connectivity index (χ2n) is 6.05. The van der Waals surface area contributed by atoms with Crippen molar-refractivity contribution in [2.45, 2.75) is 51.7 Å². The van der Waals surface area contributed by atoms with Gasteiger partial charge >= 0.3 is 0 Å². The zero-order chi connectivity index (χ0) is 14.8. The minimum atomic E-state index is 0.520. The number of nitrogens with zero attached hydrogens (tertiary/aromatic N) is 2. The van der Waals surface area contributed by atoms with Gasteiger partial charge in [0.1, 0.15) is 0 Å². The Labute approximate surface area is 135 Å². The van der Waals surface area contributed by atoms with Crippen molar-refractivity contribution in [2.24, 2.45) is 0 Å². The van der Waals surface area contributed by atoms with Crippen LogP contribution in [0.4, 0.5) is 5.13 Å². The fourth-order valence-corrected chi connectivity index (χ4v) is 4.13. The van der Waals surface area contributed by atoms with Crippen molar-refractivity contribution in [1.29, 1.82) is 0 Å². The molecule has 2 aromatic rings. The summed E-state index contributed by atoms with van der Waals surface area (Å²) >= 11 is 3.67. The first kappa shape index (κ1) is 15.0. The van der Waals surface area contributed by atoms with Gasteiger partial charge in [-0.1, -0.05) is 19.9 Å². The van der Waals surface area contributed by atoms with E-state index in [1.165, 1.54) is 28.3 Å². The van der Waals surface area contributed by atoms with E-state index in [4.69, 9.17) is 4.98 Å². The van der Waals surface area contributed by atoms with E-state index < -0.39 is 0 Å². The van der Waals surface area contributed by atoms with Crippen LogP contribution in [0, 0.1) is 0 Å². The molecule has 0 aliphatic heterocycles. The van der Waals surface area contributed by atoms with Crippen LogP contribution in [0.5, 0.6) is 0 Å². The smallest absolute Gasteiger partial charge is 0.185 e. The summed E-state index contributed by atoms with van der Waals surface area (Å²) < 4.78 is 0. The average molecular weight is 322 g/mol. The Morgan fingerprint density at radius 2 is 2.24 bits per heavy atom. The van der Waals surface area contributed by atoms with Crippen LogP contribution < -0.4 is 10.2 Å². The molecule has 21 heavy (non-hydrogen) atoms. The lowest BCUT2D eigenvalue weighted by molar-refractivity contribution is 0.590. The van der Waals surface area contributed by atoms with E-state index in [2.05, 4.69) is 48.6 Å². The Hall–Kier alpha value is -0.910.